The van der Waals surface area contributed by atoms with E-state index >= 15 is 0 Å². The minimum absolute atomic E-state index is 0.0132. The molecule has 0 aliphatic carbocycles. The third-order valence-corrected chi connectivity index (χ3v) is 5.52. The fourth-order valence-electron chi connectivity index (χ4n) is 4.29. The van der Waals surface area contributed by atoms with Crippen LogP contribution < -0.4 is 0 Å². The molecule has 138 valence electrons. The number of likely N-dealkylation sites (tertiary alicyclic amines) is 1. The average Bonchev–Trinajstić information content (AvgIpc) is 3.27. The summed E-state index contributed by atoms with van der Waals surface area (Å²) in [7, 11) is 0. The van der Waals surface area contributed by atoms with Gasteiger partial charge in [-0.3, -0.25) is 9.59 Å². The van der Waals surface area contributed by atoms with Crippen LogP contribution in [-0.4, -0.2) is 48.2 Å². The lowest BCUT2D eigenvalue weighted by molar-refractivity contribution is -0.154. The zero-order chi connectivity index (χ0) is 18.3. The summed E-state index contributed by atoms with van der Waals surface area (Å²) in [5.41, 5.74) is 0.545. The zero-order valence-corrected chi connectivity index (χ0v) is 15.3. The van der Waals surface area contributed by atoms with E-state index in [1.807, 2.05) is 49.1 Å². The van der Waals surface area contributed by atoms with Gasteiger partial charge >= 0.3 is 5.97 Å². The maximum absolute atomic E-state index is 13.1. The number of fused-ring (bicyclic) bond motifs is 1. The summed E-state index contributed by atoms with van der Waals surface area (Å²) in [6, 6.07) is 10.1. The quantitative estimate of drug-likeness (QED) is 0.580. The molecule has 4 atom stereocenters. The number of nitrogens with zero attached hydrogens (tertiary/aromatic N) is 1. The van der Waals surface area contributed by atoms with Crippen LogP contribution >= 0.6 is 0 Å². The lowest BCUT2D eigenvalue weighted by Gasteiger charge is -2.23. The van der Waals surface area contributed by atoms with Crippen molar-refractivity contribution in [2.45, 2.75) is 32.0 Å². The van der Waals surface area contributed by atoms with Gasteiger partial charge in [-0.2, -0.15) is 0 Å². The number of hydrogen-bond acceptors (Lipinski definition) is 4. The van der Waals surface area contributed by atoms with Gasteiger partial charge in [-0.1, -0.05) is 56.3 Å². The molecule has 2 fully saturated rings. The molecule has 2 bridgehead atoms. The molecule has 0 aromatic heterocycles. The van der Waals surface area contributed by atoms with Gasteiger partial charge in [0.25, 0.3) is 0 Å². The number of carbonyl (C=O) groups excluding carboxylic acids is 2. The number of esters is 1. The minimum Gasteiger partial charge on any atom is -0.465 e. The molecule has 1 aromatic carbocycles. The highest BCUT2D eigenvalue weighted by molar-refractivity contribution is 5.91. The summed E-state index contributed by atoms with van der Waals surface area (Å²) in [6.07, 6.45) is 4.37. The predicted molar refractivity (Wildman–Crippen MR) is 96.2 cm³/mol. The van der Waals surface area contributed by atoms with Crippen molar-refractivity contribution in [1.82, 2.24) is 4.90 Å². The smallest absolute Gasteiger partial charge is 0.312 e. The summed E-state index contributed by atoms with van der Waals surface area (Å²) in [5.74, 6) is -0.997. The largest absolute Gasteiger partial charge is 0.465 e. The lowest BCUT2D eigenvalue weighted by atomic mass is 9.77. The Labute approximate surface area is 154 Å². The second-order valence-electron chi connectivity index (χ2n) is 7.92. The second-order valence-corrected chi connectivity index (χ2v) is 7.92. The first-order chi connectivity index (χ1) is 12.5. The van der Waals surface area contributed by atoms with Gasteiger partial charge in [0.05, 0.1) is 25.2 Å². The van der Waals surface area contributed by atoms with Crippen molar-refractivity contribution in [2.75, 3.05) is 19.7 Å². The van der Waals surface area contributed by atoms with Gasteiger partial charge in [-0.25, -0.2) is 0 Å². The Morgan fingerprint density at radius 3 is 2.85 bits per heavy atom. The van der Waals surface area contributed by atoms with Gasteiger partial charge in [0.2, 0.25) is 5.91 Å². The molecule has 3 aliphatic heterocycles. The third kappa shape index (κ3) is 2.84. The SMILES string of the molecule is CC(C)COC(=O)C1[C@H]2C=CC3(CN(CCc4ccccc4)C(=O)[C@@H]13)O2. The first kappa shape index (κ1) is 17.3. The van der Waals surface area contributed by atoms with Crippen LogP contribution in [0.15, 0.2) is 42.5 Å². The maximum atomic E-state index is 13.1. The van der Waals surface area contributed by atoms with E-state index in [9.17, 15) is 9.59 Å². The van der Waals surface area contributed by atoms with Crippen molar-refractivity contribution in [3.8, 4) is 0 Å². The summed E-state index contributed by atoms with van der Waals surface area (Å²) in [4.78, 5) is 27.5. The van der Waals surface area contributed by atoms with Crippen LogP contribution in [0.1, 0.15) is 19.4 Å². The first-order valence-electron chi connectivity index (χ1n) is 9.37. The van der Waals surface area contributed by atoms with Gasteiger partial charge in [-0.05, 0) is 17.9 Å². The van der Waals surface area contributed by atoms with Crippen molar-refractivity contribution >= 4 is 11.9 Å². The Kier molecular flexibility index (Phi) is 4.35. The van der Waals surface area contributed by atoms with Gasteiger partial charge in [0, 0.05) is 6.54 Å². The summed E-state index contributed by atoms with van der Waals surface area (Å²) in [5, 5.41) is 0. The van der Waals surface area contributed by atoms with E-state index in [-0.39, 0.29) is 23.9 Å². The summed E-state index contributed by atoms with van der Waals surface area (Å²) in [6.45, 7) is 5.52. The molecule has 3 heterocycles. The fourth-order valence-corrected chi connectivity index (χ4v) is 4.29. The number of benzene rings is 1. The number of amides is 1. The van der Waals surface area contributed by atoms with Gasteiger partial charge in [0.1, 0.15) is 11.5 Å². The summed E-state index contributed by atoms with van der Waals surface area (Å²) >= 11 is 0. The normalized spacial score (nSPS) is 31.7. The molecule has 0 saturated carbocycles. The minimum atomic E-state index is -0.653. The molecule has 0 radical (unpaired) electrons. The van der Waals surface area contributed by atoms with E-state index in [0.29, 0.717) is 19.7 Å². The molecule has 2 saturated heterocycles. The van der Waals surface area contributed by atoms with E-state index < -0.39 is 17.4 Å². The Morgan fingerprint density at radius 2 is 2.12 bits per heavy atom. The molecule has 5 heteroatoms. The number of rotatable bonds is 6. The monoisotopic (exact) mass is 355 g/mol. The van der Waals surface area contributed by atoms with Crippen molar-refractivity contribution in [3.63, 3.8) is 0 Å². The molecule has 1 amide bonds. The highest BCUT2D eigenvalue weighted by atomic mass is 16.6. The zero-order valence-electron chi connectivity index (χ0n) is 15.3. The highest BCUT2D eigenvalue weighted by Gasteiger charge is 2.67. The fraction of sp³-hybridized carbons (Fsp3) is 0.524. The lowest BCUT2D eigenvalue weighted by Crippen LogP contribution is -2.40. The van der Waals surface area contributed by atoms with Crippen LogP contribution in [0.2, 0.25) is 0 Å². The Hall–Kier alpha value is -2.14. The van der Waals surface area contributed by atoms with Gasteiger partial charge < -0.3 is 14.4 Å². The highest BCUT2D eigenvalue weighted by Crippen LogP contribution is 2.52. The number of carbonyl (C=O) groups is 2. The van der Waals surface area contributed by atoms with Crippen LogP contribution in [0, 0.1) is 17.8 Å². The predicted octanol–water partition coefficient (Wildman–Crippen LogP) is 2.21. The van der Waals surface area contributed by atoms with Crippen molar-refractivity contribution in [1.29, 1.82) is 0 Å². The Balaban J connectivity index is 1.47. The van der Waals surface area contributed by atoms with E-state index in [0.717, 1.165) is 6.42 Å². The molecule has 5 nitrogen and oxygen atoms in total. The van der Waals surface area contributed by atoms with Crippen LogP contribution in [0.25, 0.3) is 0 Å². The molecule has 26 heavy (non-hydrogen) atoms. The summed E-state index contributed by atoms with van der Waals surface area (Å²) < 4.78 is 11.5. The molecular formula is C21H25NO4. The van der Waals surface area contributed by atoms with Crippen LogP contribution in [0.3, 0.4) is 0 Å². The first-order valence-corrected chi connectivity index (χ1v) is 9.37. The molecular weight excluding hydrogens is 330 g/mol. The maximum Gasteiger partial charge on any atom is 0.312 e. The van der Waals surface area contributed by atoms with E-state index in [1.54, 1.807) is 0 Å². The topological polar surface area (TPSA) is 55.8 Å². The number of hydrogen-bond donors (Lipinski definition) is 0. The standard InChI is InChI=1S/C21H25NO4/c1-14(2)12-25-20(24)17-16-8-10-21(26-16)13-22(19(23)18(17)21)11-9-15-6-4-3-5-7-15/h3-8,10,14,16-18H,9,11-13H2,1-2H3/t16-,17?,18-,21?/m1/s1. The number of ether oxygens (including phenoxy) is 2. The Bertz CT molecular complexity index is 729. The molecule has 1 aromatic rings. The second kappa shape index (κ2) is 6.54. The third-order valence-electron chi connectivity index (χ3n) is 5.52. The Morgan fingerprint density at radius 1 is 1.35 bits per heavy atom. The molecule has 1 spiro atoms. The molecule has 0 N–H and O–H groups in total. The van der Waals surface area contributed by atoms with Gasteiger partial charge in [-0.15, -0.1) is 0 Å². The van der Waals surface area contributed by atoms with Crippen molar-refractivity contribution in [2.24, 2.45) is 17.8 Å². The van der Waals surface area contributed by atoms with E-state index in [1.165, 1.54) is 5.56 Å². The molecule has 3 aliphatic rings. The van der Waals surface area contributed by atoms with Crippen LogP contribution in [-0.2, 0) is 25.5 Å². The van der Waals surface area contributed by atoms with Crippen LogP contribution in [0.4, 0.5) is 0 Å². The van der Waals surface area contributed by atoms with Crippen molar-refractivity contribution in [3.05, 3.63) is 48.0 Å². The van der Waals surface area contributed by atoms with Crippen LogP contribution in [0.5, 0.6) is 0 Å². The molecule has 2 unspecified atom stereocenters. The van der Waals surface area contributed by atoms with E-state index in [2.05, 4.69) is 12.1 Å². The van der Waals surface area contributed by atoms with Gasteiger partial charge in [0.15, 0.2) is 0 Å². The van der Waals surface area contributed by atoms with E-state index in [4.69, 9.17) is 9.47 Å². The molecule has 4 rings (SSSR count). The average molecular weight is 355 g/mol. The van der Waals surface area contributed by atoms with Crippen molar-refractivity contribution < 1.29 is 19.1 Å².